The predicted octanol–water partition coefficient (Wildman–Crippen LogP) is 0.897. The average molecular weight is 439 g/mol. The van der Waals surface area contributed by atoms with Gasteiger partial charge in [0, 0.05) is 23.5 Å². The van der Waals surface area contributed by atoms with E-state index < -0.39 is 52.7 Å². The van der Waals surface area contributed by atoms with Crippen molar-refractivity contribution in [3.05, 3.63) is 40.2 Å². The van der Waals surface area contributed by atoms with Gasteiger partial charge < -0.3 is 26.2 Å². The van der Waals surface area contributed by atoms with Crippen molar-refractivity contribution in [2.75, 3.05) is 0 Å². The number of carbonyl (C=O) groups is 3. The van der Waals surface area contributed by atoms with E-state index in [-0.39, 0.29) is 36.1 Å². The first-order valence-electron chi connectivity index (χ1n) is 10.7. The molecule has 8 heteroatoms. The topological polar surface area (TPSA) is 158 Å². The van der Waals surface area contributed by atoms with E-state index in [1.807, 2.05) is 6.92 Å². The van der Waals surface area contributed by atoms with Crippen LogP contribution in [-0.4, -0.2) is 49.6 Å². The van der Waals surface area contributed by atoms with E-state index in [4.69, 9.17) is 5.73 Å². The molecule has 1 amide bonds. The first kappa shape index (κ1) is 22.1. The number of hydrogen-bond acceptors (Lipinski definition) is 7. The maximum absolute atomic E-state index is 13.4. The first-order chi connectivity index (χ1) is 15.1. The number of aromatic hydroxyl groups is 1. The Kier molecular flexibility index (Phi) is 5.35. The molecule has 32 heavy (non-hydrogen) atoms. The molecule has 0 saturated heterocycles. The SMILES string of the molecule is CCCC#Cc1ccc(O)c2c1C[C@H]1C[C@H]3CC(O)C(C(N)=O)C(=O)[C@@]3(O)C(O)=C1C2=O. The van der Waals surface area contributed by atoms with E-state index in [1.54, 1.807) is 6.07 Å². The third-order valence-electron chi connectivity index (χ3n) is 6.87. The first-order valence-corrected chi connectivity index (χ1v) is 10.7. The number of aliphatic hydroxyl groups excluding tert-OH is 2. The van der Waals surface area contributed by atoms with Gasteiger partial charge in [-0.25, -0.2) is 0 Å². The molecule has 0 heterocycles. The van der Waals surface area contributed by atoms with Gasteiger partial charge in [0.2, 0.25) is 5.91 Å². The standard InChI is InChI=1S/C24H25NO7/c1-2-3-4-5-11-6-7-15(26)18-14(11)9-12-8-13-10-16(27)19(23(25)31)22(30)24(13,32)21(29)17(12)20(18)28/h6-7,12-13,16,19,26-27,29,32H,2-3,8-10H2,1H3,(H2,25,31)/t12-,13+,16?,19?,24+/m1/s1. The monoisotopic (exact) mass is 439 g/mol. The minimum Gasteiger partial charge on any atom is -0.508 e. The van der Waals surface area contributed by atoms with E-state index in [1.165, 1.54) is 6.07 Å². The molecular formula is C24H25NO7. The van der Waals surface area contributed by atoms with Gasteiger partial charge in [0.25, 0.3) is 0 Å². The van der Waals surface area contributed by atoms with Crippen LogP contribution in [0.3, 0.4) is 0 Å². The molecule has 2 unspecified atom stereocenters. The highest BCUT2D eigenvalue weighted by Gasteiger charge is 2.62. The third kappa shape index (κ3) is 3.04. The Morgan fingerprint density at radius 3 is 2.62 bits per heavy atom. The molecule has 0 radical (unpaired) electrons. The number of phenolic OH excluding ortho intramolecular Hbond substituents is 1. The number of rotatable bonds is 2. The number of aliphatic hydroxyl groups is 3. The van der Waals surface area contributed by atoms with Crippen molar-refractivity contribution < 1.29 is 34.8 Å². The number of unbranched alkanes of at least 4 members (excludes halogenated alkanes) is 1. The summed E-state index contributed by atoms with van der Waals surface area (Å²) in [5, 5.41) is 42.9. The van der Waals surface area contributed by atoms with Crippen molar-refractivity contribution in [2.24, 2.45) is 23.5 Å². The zero-order chi connectivity index (χ0) is 23.4. The number of Topliss-reactive ketones (excluding diaryl/α,β-unsaturated/α-hetero) is 2. The van der Waals surface area contributed by atoms with Gasteiger partial charge in [-0.1, -0.05) is 18.8 Å². The fourth-order valence-electron chi connectivity index (χ4n) is 5.33. The zero-order valence-electron chi connectivity index (χ0n) is 17.6. The van der Waals surface area contributed by atoms with Gasteiger partial charge in [0.15, 0.2) is 17.2 Å². The summed E-state index contributed by atoms with van der Waals surface area (Å²) in [6.07, 6.45) is 0.431. The van der Waals surface area contributed by atoms with Crippen LogP contribution in [0.25, 0.3) is 0 Å². The van der Waals surface area contributed by atoms with E-state index in [0.29, 0.717) is 17.5 Å². The number of allylic oxidation sites excluding steroid dienone is 1. The van der Waals surface area contributed by atoms with Crippen LogP contribution in [-0.2, 0) is 16.0 Å². The summed E-state index contributed by atoms with van der Waals surface area (Å²) in [6, 6.07) is 3.00. The number of nitrogens with two attached hydrogens (primary N) is 1. The van der Waals surface area contributed by atoms with Crippen LogP contribution < -0.4 is 5.73 Å². The number of phenols is 1. The van der Waals surface area contributed by atoms with E-state index in [0.717, 1.165) is 6.42 Å². The van der Waals surface area contributed by atoms with Crippen molar-refractivity contribution in [2.45, 2.75) is 50.7 Å². The molecule has 1 saturated carbocycles. The van der Waals surface area contributed by atoms with Gasteiger partial charge in [-0.15, -0.1) is 0 Å². The van der Waals surface area contributed by atoms with Crippen molar-refractivity contribution >= 4 is 17.5 Å². The minimum atomic E-state index is -2.49. The minimum absolute atomic E-state index is 0.0112. The van der Waals surface area contributed by atoms with Crippen LogP contribution in [0.2, 0.25) is 0 Å². The summed E-state index contributed by atoms with van der Waals surface area (Å²) < 4.78 is 0. The molecule has 5 atom stereocenters. The maximum atomic E-state index is 13.4. The normalized spacial score (nSPS) is 31.2. The molecule has 168 valence electrons. The Hall–Kier alpha value is -3.15. The van der Waals surface area contributed by atoms with Gasteiger partial charge >= 0.3 is 0 Å². The summed E-state index contributed by atoms with van der Waals surface area (Å²) >= 11 is 0. The van der Waals surface area contributed by atoms with E-state index >= 15 is 0 Å². The second-order valence-electron chi connectivity index (χ2n) is 8.78. The molecule has 3 aliphatic carbocycles. The molecule has 1 fully saturated rings. The maximum Gasteiger partial charge on any atom is 0.230 e. The summed E-state index contributed by atoms with van der Waals surface area (Å²) in [5.41, 5.74) is 3.74. The fourth-order valence-corrected chi connectivity index (χ4v) is 5.33. The smallest absolute Gasteiger partial charge is 0.230 e. The molecule has 3 aliphatic rings. The highest BCUT2D eigenvalue weighted by atomic mass is 16.3. The number of fused-ring (bicyclic) bond motifs is 3. The number of hydrogen-bond donors (Lipinski definition) is 5. The Morgan fingerprint density at radius 2 is 1.97 bits per heavy atom. The van der Waals surface area contributed by atoms with Gasteiger partial charge in [-0.05, 0) is 49.3 Å². The Balaban J connectivity index is 1.86. The predicted molar refractivity (Wildman–Crippen MR) is 112 cm³/mol. The highest BCUT2D eigenvalue weighted by Crippen LogP contribution is 2.51. The number of benzene rings is 1. The number of ketones is 2. The van der Waals surface area contributed by atoms with E-state index in [2.05, 4.69) is 11.8 Å². The van der Waals surface area contributed by atoms with Crippen LogP contribution in [0.4, 0.5) is 0 Å². The van der Waals surface area contributed by atoms with Crippen molar-refractivity contribution in [1.29, 1.82) is 0 Å². The molecule has 0 aliphatic heterocycles. The summed E-state index contributed by atoms with van der Waals surface area (Å²) in [7, 11) is 0. The van der Waals surface area contributed by atoms with E-state index in [9.17, 15) is 34.8 Å². The average Bonchev–Trinajstić information content (AvgIpc) is 2.72. The lowest BCUT2D eigenvalue weighted by Gasteiger charge is -2.48. The lowest BCUT2D eigenvalue weighted by Crippen LogP contribution is -2.63. The van der Waals surface area contributed by atoms with Crippen molar-refractivity contribution in [3.63, 3.8) is 0 Å². The van der Waals surface area contributed by atoms with Crippen LogP contribution in [0.5, 0.6) is 5.75 Å². The van der Waals surface area contributed by atoms with Crippen LogP contribution in [0, 0.1) is 29.6 Å². The van der Waals surface area contributed by atoms with Gasteiger partial charge in [0.05, 0.1) is 11.7 Å². The summed E-state index contributed by atoms with van der Waals surface area (Å²) in [6.45, 7) is 2.00. The summed E-state index contributed by atoms with van der Waals surface area (Å²) in [4.78, 5) is 38.1. The Bertz CT molecular complexity index is 1130. The second-order valence-corrected chi connectivity index (χ2v) is 8.78. The largest absolute Gasteiger partial charge is 0.508 e. The van der Waals surface area contributed by atoms with Crippen LogP contribution >= 0.6 is 0 Å². The number of primary amides is 1. The van der Waals surface area contributed by atoms with Gasteiger partial charge in [0.1, 0.15) is 17.4 Å². The second kappa shape index (κ2) is 7.76. The molecule has 0 spiro atoms. The molecule has 0 aromatic heterocycles. The molecule has 1 aromatic rings. The third-order valence-corrected chi connectivity index (χ3v) is 6.87. The van der Waals surface area contributed by atoms with Crippen LogP contribution in [0.1, 0.15) is 54.1 Å². The van der Waals surface area contributed by atoms with Crippen molar-refractivity contribution in [1.82, 2.24) is 0 Å². The summed E-state index contributed by atoms with van der Waals surface area (Å²) in [5.74, 6) is -1.06. The van der Waals surface area contributed by atoms with Crippen molar-refractivity contribution in [3.8, 4) is 17.6 Å². The molecule has 6 N–H and O–H groups in total. The zero-order valence-corrected chi connectivity index (χ0v) is 17.6. The molecule has 8 nitrogen and oxygen atoms in total. The molecular weight excluding hydrogens is 414 g/mol. The molecule has 4 rings (SSSR count). The lowest BCUT2D eigenvalue weighted by molar-refractivity contribution is -0.167. The molecule has 1 aromatic carbocycles. The van der Waals surface area contributed by atoms with Crippen LogP contribution in [0.15, 0.2) is 23.5 Å². The Morgan fingerprint density at radius 1 is 1.25 bits per heavy atom. The Labute approximate surface area is 184 Å². The molecule has 0 bridgehead atoms. The fraction of sp³-hybridized carbons (Fsp3) is 0.458. The number of amides is 1. The highest BCUT2D eigenvalue weighted by molar-refractivity contribution is 6.15. The quantitative estimate of drug-likeness (QED) is 0.338. The van der Waals surface area contributed by atoms with Gasteiger partial charge in [-0.2, -0.15) is 0 Å². The lowest BCUT2D eigenvalue weighted by atomic mass is 9.57. The van der Waals surface area contributed by atoms with Gasteiger partial charge in [-0.3, -0.25) is 14.4 Å². The number of carbonyl (C=O) groups excluding carboxylic acids is 3.